The molecule has 0 fully saturated rings. The van der Waals surface area contributed by atoms with Gasteiger partial charge in [-0.3, -0.25) is 14.9 Å². The number of nitro groups is 1. The largest absolute Gasteiger partial charge is 0.480 e. The van der Waals surface area contributed by atoms with E-state index in [2.05, 4.69) is 14.8 Å². The van der Waals surface area contributed by atoms with Crippen molar-refractivity contribution in [3.8, 4) is 5.75 Å². The Bertz CT molecular complexity index is 1050. The topological polar surface area (TPSA) is 108 Å². The first-order valence-electron chi connectivity index (χ1n) is 10.1. The van der Waals surface area contributed by atoms with Gasteiger partial charge in [0.15, 0.2) is 12.4 Å². The van der Waals surface area contributed by atoms with E-state index in [4.69, 9.17) is 0 Å². The molecule has 0 aromatic heterocycles. The molecule has 1 atom stereocenters. The predicted molar refractivity (Wildman–Crippen MR) is 112 cm³/mol. The fourth-order valence-corrected chi connectivity index (χ4v) is 2.96. The number of carbonyl (C=O) groups excluding carboxylic acids is 2. The summed E-state index contributed by atoms with van der Waals surface area (Å²) in [5.74, 6) is -7.96. The molecule has 0 aliphatic heterocycles. The first-order chi connectivity index (χ1) is 16.4. The molecule has 2 rings (SSSR count). The molecular weight excluding hydrogens is 483 g/mol. The Labute approximate surface area is 196 Å². The van der Waals surface area contributed by atoms with Crippen molar-refractivity contribution in [1.29, 1.82) is 0 Å². The third-order valence-electron chi connectivity index (χ3n) is 4.83. The van der Waals surface area contributed by atoms with Crippen LogP contribution in [-0.4, -0.2) is 48.7 Å². The minimum absolute atomic E-state index is 0.168. The summed E-state index contributed by atoms with van der Waals surface area (Å²) < 4.78 is 72.6. The lowest BCUT2D eigenvalue weighted by Gasteiger charge is -2.20. The van der Waals surface area contributed by atoms with Crippen LogP contribution in [-0.2, 0) is 16.0 Å². The summed E-state index contributed by atoms with van der Waals surface area (Å²) in [5, 5.41) is 13.5. The van der Waals surface area contributed by atoms with Gasteiger partial charge >= 0.3 is 23.8 Å². The predicted octanol–water partition coefficient (Wildman–Crippen LogP) is 4.47. The van der Waals surface area contributed by atoms with E-state index in [0.29, 0.717) is 18.9 Å². The Morgan fingerprint density at radius 3 is 2.31 bits per heavy atom. The van der Waals surface area contributed by atoms with Gasteiger partial charge < -0.3 is 14.8 Å². The maximum atomic E-state index is 13.2. The number of hydrogen-bond acceptors (Lipinski definition) is 6. The molecule has 8 nitrogen and oxygen atoms in total. The highest BCUT2D eigenvalue weighted by molar-refractivity contribution is 5.97. The highest BCUT2D eigenvalue weighted by Gasteiger charge is 2.58. The molecule has 0 saturated heterocycles. The second-order valence-corrected chi connectivity index (χ2v) is 7.36. The van der Waals surface area contributed by atoms with E-state index < -0.39 is 53.0 Å². The molecule has 1 amide bonds. The molecule has 0 heterocycles. The number of esters is 1. The summed E-state index contributed by atoms with van der Waals surface area (Å²) in [6.45, 7) is -2.23. The molecule has 2 aromatic rings. The molecule has 0 unspecified atom stereocenters. The van der Waals surface area contributed by atoms with Crippen LogP contribution < -0.4 is 10.1 Å². The summed E-state index contributed by atoms with van der Waals surface area (Å²) in [5.41, 5.74) is -0.292. The van der Waals surface area contributed by atoms with Crippen LogP contribution in [0, 0.1) is 10.1 Å². The number of aryl methyl sites for hydroxylation is 1. The number of benzene rings is 2. The summed E-state index contributed by atoms with van der Waals surface area (Å²) in [6.07, 6.45) is -4.70. The highest BCUT2D eigenvalue weighted by Crippen LogP contribution is 2.37. The van der Waals surface area contributed by atoms with Crippen molar-refractivity contribution in [3.63, 3.8) is 0 Å². The van der Waals surface area contributed by atoms with Crippen LogP contribution >= 0.6 is 0 Å². The Balaban J connectivity index is 2.16. The lowest BCUT2D eigenvalue weighted by atomic mass is 10.0. The molecule has 1 N–H and O–H groups in total. The number of hydrogen-bond donors (Lipinski definition) is 1. The van der Waals surface area contributed by atoms with Crippen LogP contribution in [0.25, 0.3) is 0 Å². The third kappa shape index (κ3) is 7.62. The molecule has 2 aromatic carbocycles. The fourth-order valence-electron chi connectivity index (χ4n) is 2.96. The normalized spacial score (nSPS) is 12.5. The first-order valence-corrected chi connectivity index (χ1v) is 10.1. The van der Waals surface area contributed by atoms with Crippen molar-refractivity contribution in [2.24, 2.45) is 0 Å². The van der Waals surface area contributed by atoms with Crippen LogP contribution in [0.2, 0.25) is 0 Å². The Kier molecular flexibility index (Phi) is 9.09. The van der Waals surface area contributed by atoms with E-state index in [9.17, 15) is 41.7 Å². The van der Waals surface area contributed by atoms with Crippen LogP contribution in [0.5, 0.6) is 5.75 Å². The van der Waals surface area contributed by atoms with Gasteiger partial charge in [0.05, 0.1) is 12.0 Å². The third-order valence-corrected chi connectivity index (χ3v) is 4.83. The molecule has 0 bridgehead atoms. The second-order valence-electron chi connectivity index (χ2n) is 7.36. The van der Waals surface area contributed by atoms with Gasteiger partial charge in [0, 0.05) is 17.7 Å². The Morgan fingerprint density at radius 1 is 1.09 bits per heavy atom. The average Bonchev–Trinajstić information content (AvgIpc) is 2.81. The second kappa shape index (κ2) is 11.6. The quantitative estimate of drug-likeness (QED) is 0.210. The zero-order valence-corrected chi connectivity index (χ0v) is 18.3. The van der Waals surface area contributed by atoms with Gasteiger partial charge in [-0.05, 0) is 30.9 Å². The van der Waals surface area contributed by atoms with Crippen molar-refractivity contribution in [1.82, 2.24) is 5.32 Å². The van der Waals surface area contributed by atoms with E-state index in [1.807, 2.05) is 30.3 Å². The summed E-state index contributed by atoms with van der Waals surface area (Å²) in [6, 6.07) is 10.5. The monoisotopic (exact) mass is 504 g/mol. The number of carbonyl (C=O) groups is 2. The SMILES string of the molecule is COC(=O)[C@H](CCCc1ccccc1)NC(=O)c1ccc([N+](=O)[O-])c(OCC(F)(F)C(F)(F)F)c1. The van der Waals surface area contributed by atoms with Crippen molar-refractivity contribution >= 4 is 17.6 Å². The van der Waals surface area contributed by atoms with Crippen LogP contribution in [0.4, 0.5) is 27.6 Å². The zero-order chi connectivity index (χ0) is 26.2. The van der Waals surface area contributed by atoms with Gasteiger partial charge in [-0.15, -0.1) is 0 Å². The van der Waals surface area contributed by atoms with Crippen LogP contribution in [0.3, 0.4) is 0 Å². The van der Waals surface area contributed by atoms with E-state index in [0.717, 1.165) is 24.8 Å². The number of halogens is 5. The van der Waals surface area contributed by atoms with Crippen LogP contribution in [0.1, 0.15) is 28.8 Å². The maximum absolute atomic E-state index is 13.2. The van der Waals surface area contributed by atoms with Gasteiger partial charge in [0.2, 0.25) is 0 Å². The number of rotatable bonds is 11. The highest BCUT2D eigenvalue weighted by atomic mass is 19.4. The smallest absolute Gasteiger partial charge is 0.456 e. The standard InChI is InChI=1S/C22H21F5N2O6/c1-34-20(31)16(9-5-8-14-6-3-2-4-7-14)28-19(30)15-10-11-17(29(32)33)18(12-15)35-13-21(23,24)22(25,26)27/h2-4,6-7,10-12,16H,5,8-9,13H2,1H3,(H,28,30)/t16-/m0/s1. The lowest BCUT2D eigenvalue weighted by Crippen LogP contribution is -2.42. The molecule has 0 aliphatic rings. The van der Waals surface area contributed by atoms with Gasteiger partial charge in [0.1, 0.15) is 6.04 Å². The average molecular weight is 504 g/mol. The van der Waals surface area contributed by atoms with E-state index in [-0.39, 0.29) is 12.0 Å². The molecule has 13 heteroatoms. The molecule has 0 aliphatic carbocycles. The summed E-state index contributed by atoms with van der Waals surface area (Å²) in [7, 11) is 1.11. The molecule has 0 radical (unpaired) electrons. The van der Waals surface area contributed by atoms with Gasteiger partial charge in [0.25, 0.3) is 5.91 Å². The number of methoxy groups -OCH3 is 1. The van der Waals surface area contributed by atoms with Crippen molar-refractivity contribution in [3.05, 3.63) is 69.8 Å². The zero-order valence-electron chi connectivity index (χ0n) is 18.3. The maximum Gasteiger partial charge on any atom is 0.456 e. The Hall–Kier alpha value is -3.77. The summed E-state index contributed by atoms with van der Waals surface area (Å²) >= 11 is 0. The van der Waals surface area contributed by atoms with E-state index in [1.54, 1.807) is 0 Å². The molecule has 0 spiro atoms. The molecule has 190 valence electrons. The number of alkyl halides is 5. The van der Waals surface area contributed by atoms with E-state index in [1.165, 1.54) is 0 Å². The van der Waals surface area contributed by atoms with Crippen LogP contribution in [0.15, 0.2) is 48.5 Å². The minimum Gasteiger partial charge on any atom is -0.480 e. The number of nitro benzene ring substituents is 1. The lowest BCUT2D eigenvalue weighted by molar-refractivity contribution is -0.386. The molecular formula is C22H21F5N2O6. The number of nitrogens with zero attached hydrogens (tertiary/aromatic N) is 1. The van der Waals surface area contributed by atoms with Gasteiger partial charge in [-0.2, -0.15) is 22.0 Å². The van der Waals surface area contributed by atoms with Crippen molar-refractivity contribution in [2.45, 2.75) is 37.4 Å². The summed E-state index contributed by atoms with van der Waals surface area (Å²) in [4.78, 5) is 34.8. The number of amides is 1. The van der Waals surface area contributed by atoms with Gasteiger partial charge in [-0.1, -0.05) is 30.3 Å². The van der Waals surface area contributed by atoms with Crippen molar-refractivity contribution in [2.75, 3.05) is 13.7 Å². The minimum atomic E-state index is -5.94. The fraction of sp³-hybridized carbons (Fsp3) is 0.364. The number of ether oxygens (including phenoxy) is 2. The van der Waals surface area contributed by atoms with Crippen molar-refractivity contribution < 1.29 is 45.9 Å². The first kappa shape index (κ1) is 27.5. The van der Waals surface area contributed by atoms with Gasteiger partial charge in [-0.25, -0.2) is 4.79 Å². The molecule has 35 heavy (non-hydrogen) atoms. The van der Waals surface area contributed by atoms with E-state index >= 15 is 0 Å². The number of nitrogens with one attached hydrogen (secondary N) is 1. The molecule has 0 saturated carbocycles. The Morgan fingerprint density at radius 2 is 1.74 bits per heavy atom.